The molecule has 2 aliphatic rings. The smallest absolute Gasteiger partial charge is 0.00965 e. The summed E-state index contributed by atoms with van der Waals surface area (Å²) in [7, 11) is 2.10. The molecule has 0 radical (unpaired) electrons. The molecule has 1 unspecified atom stereocenters. The molecular weight excluding hydrogens is 172 g/mol. The van der Waals surface area contributed by atoms with Crippen molar-refractivity contribution in [2.45, 2.75) is 51.1 Å². The minimum Gasteiger partial charge on any atom is -0.317 e. The van der Waals surface area contributed by atoms with Crippen LogP contribution in [0.5, 0.6) is 0 Å². The third kappa shape index (κ3) is 2.29. The van der Waals surface area contributed by atoms with Crippen molar-refractivity contribution < 1.29 is 0 Å². The SMILES string of the molecule is CNC1CCC(N2CCC(C)C2)CC1. The summed E-state index contributed by atoms with van der Waals surface area (Å²) in [6.45, 7) is 5.10. The Morgan fingerprint density at radius 3 is 2.29 bits per heavy atom. The third-order valence-corrected chi connectivity index (χ3v) is 4.08. The standard InChI is InChI=1S/C12H24N2/c1-10-7-8-14(9-10)12-5-3-11(13-2)4-6-12/h10-13H,3-9H2,1-2H3. The first-order chi connectivity index (χ1) is 6.79. The molecule has 0 spiro atoms. The van der Waals surface area contributed by atoms with E-state index in [0.29, 0.717) is 0 Å². The van der Waals surface area contributed by atoms with Crippen LogP contribution in [0.2, 0.25) is 0 Å². The molecule has 0 bridgehead atoms. The van der Waals surface area contributed by atoms with Gasteiger partial charge in [-0.1, -0.05) is 6.92 Å². The Morgan fingerprint density at radius 1 is 1.07 bits per heavy atom. The summed E-state index contributed by atoms with van der Waals surface area (Å²) >= 11 is 0. The van der Waals surface area contributed by atoms with Gasteiger partial charge in [-0.15, -0.1) is 0 Å². The molecule has 2 nitrogen and oxygen atoms in total. The number of hydrogen-bond acceptors (Lipinski definition) is 2. The van der Waals surface area contributed by atoms with Gasteiger partial charge in [0.05, 0.1) is 0 Å². The Kier molecular flexibility index (Phi) is 3.45. The highest BCUT2D eigenvalue weighted by Crippen LogP contribution is 2.27. The van der Waals surface area contributed by atoms with Crippen LogP contribution in [-0.2, 0) is 0 Å². The molecule has 0 aromatic carbocycles. The van der Waals surface area contributed by atoms with Crippen molar-refractivity contribution in [2.75, 3.05) is 20.1 Å². The first-order valence-electron chi connectivity index (χ1n) is 6.21. The Morgan fingerprint density at radius 2 is 1.79 bits per heavy atom. The predicted molar refractivity (Wildman–Crippen MR) is 60.5 cm³/mol. The molecule has 1 saturated heterocycles. The number of rotatable bonds is 2. The van der Waals surface area contributed by atoms with E-state index in [4.69, 9.17) is 0 Å². The van der Waals surface area contributed by atoms with Gasteiger partial charge in [0.1, 0.15) is 0 Å². The van der Waals surface area contributed by atoms with Crippen LogP contribution in [0.4, 0.5) is 0 Å². The molecule has 2 rings (SSSR count). The van der Waals surface area contributed by atoms with Gasteiger partial charge in [-0.25, -0.2) is 0 Å². The van der Waals surface area contributed by atoms with Gasteiger partial charge < -0.3 is 10.2 Å². The third-order valence-electron chi connectivity index (χ3n) is 4.08. The van der Waals surface area contributed by atoms with Crippen molar-refractivity contribution in [1.82, 2.24) is 10.2 Å². The summed E-state index contributed by atoms with van der Waals surface area (Å²) in [5, 5.41) is 3.41. The highest BCUT2D eigenvalue weighted by molar-refractivity contribution is 4.85. The Balaban J connectivity index is 1.78. The summed E-state index contributed by atoms with van der Waals surface area (Å²) in [5.74, 6) is 0.942. The molecule has 1 N–H and O–H groups in total. The largest absolute Gasteiger partial charge is 0.317 e. The second kappa shape index (κ2) is 4.63. The fraction of sp³-hybridized carbons (Fsp3) is 1.00. The van der Waals surface area contributed by atoms with Crippen LogP contribution in [-0.4, -0.2) is 37.1 Å². The zero-order valence-corrected chi connectivity index (χ0v) is 9.63. The van der Waals surface area contributed by atoms with Crippen molar-refractivity contribution in [1.29, 1.82) is 0 Å². The molecule has 1 aliphatic heterocycles. The van der Waals surface area contributed by atoms with Crippen LogP contribution in [0.1, 0.15) is 39.0 Å². The lowest BCUT2D eigenvalue weighted by atomic mass is 9.90. The number of nitrogens with zero attached hydrogens (tertiary/aromatic N) is 1. The van der Waals surface area contributed by atoms with E-state index >= 15 is 0 Å². The first-order valence-corrected chi connectivity index (χ1v) is 6.21. The van der Waals surface area contributed by atoms with Gasteiger partial charge in [-0.3, -0.25) is 0 Å². The maximum absolute atomic E-state index is 3.41. The lowest BCUT2D eigenvalue weighted by Crippen LogP contribution is -2.40. The average Bonchev–Trinajstić information content (AvgIpc) is 2.65. The van der Waals surface area contributed by atoms with Gasteiger partial charge in [-0.05, 0) is 51.6 Å². The lowest BCUT2D eigenvalue weighted by Gasteiger charge is -2.34. The van der Waals surface area contributed by atoms with Gasteiger partial charge in [0, 0.05) is 18.6 Å². The van der Waals surface area contributed by atoms with Gasteiger partial charge in [0.15, 0.2) is 0 Å². The van der Waals surface area contributed by atoms with Crippen LogP contribution < -0.4 is 5.32 Å². The molecule has 1 aliphatic carbocycles. The average molecular weight is 196 g/mol. The van der Waals surface area contributed by atoms with Crippen LogP contribution >= 0.6 is 0 Å². The molecule has 0 aromatic rings. The summed E-state index contributed by atoms with van der Waals surface area (Å²) < 4.78 is 0. The van der Waals surface area contributed by atoms with Crippen molar-refractivity contribution in [3.05, 3.63) is 0 Å². The van der Waals surface area contributed by atoms with E-state index in [1.54, 1.807) is 0 Å². The molecule has 1 saturated carbocycles. The van der Waals surface area contributed by atoms with E-state index in [1.807, 2.05) is 0 Å². The minimum absolute atomic E-state index is 0.797. The van der Waals surface area contributed by atoms with Gasteiger partial charge in [-0.2, -0.15) is 0 Å². The quantitative estimate of drug-likeness (QED) is 0.725. The minimum atomic E-state index is 0.797. The Bertz CT molecular complexity index is 173. The summed E-state index contributed by atoms with van der Waals surface area (Å²) in [6, 6.07) is 1.70. The molecule has 82 valence electrons. The monoisotopic (exact) mass is 196 g/mol. The zero-order valence-electron chi connectivity index (χ0n) is 9.63. The lowest BCUT2D eigenvalue weighted by molar-refractivity contribution is 0.171. The Hall–Kier alpha value is -0.0800. The Labute approximate surface area is 88.1 Å². The molecule has 0 amide bonds. The molecule has 0 aromatic heterocycles. The van der Waals surface area contributed by atoms with Crippen molar-refractivity contribution in [3.63, 3.8) is 0 Å². The highest BCUT2D eigenvalue weighted by atomic mass is 15.2. The van der Waals surface area contributed by atoms with Crippen LogP contribution in [0.25, 0.3) is 0 Å². The molecule has 1 atom stereocenters. The maximum Gasteiger partial charge on any atom is 0.00965 e. The molecule has 2 fully saturated rings. The van der Waals surface area contributed by atoms with Crippen molar-refractivity contribution in [3.8, 4) is 0 Å². The van der Waals surface area contributed by atoms with E-state index in [2.05, 4.69) is 24.2 Å². The van der Waals surface area contributed by atoms with Crippen LogP contribution in [0, 0.1) is 5.92 Å². The van der Waals surface area contributed by atoms with E-state index in [-0.39, 0.29) is 0 Å². The zero-order chi connectivity index (χ0) is 9.97. The van der Waals surface area contributed by atoms with Gasteiger partial charge >= 0.3 is 0 Å². The summed E-state index contributed by atoms with van der Waals surface area (Å²) in [6.07, 6.45) is 7.01. The van der Waals surface area contributed by atoms with Crippen molar-refractivity contribution >= 4 is 0 Å². The maximum atomic E-state index is 3.41. The topological polar surface area (TPSA) is 15.3 Å². The predicted octanol–water partition coefficient (Wildman–Crippen LogP) is 1.86. The molecular formula is C12H24N2. The number of likely N-dealkylation sites (tertiary alicyclic amines) is 1. The van der Waals surface area contributed by atoms with Gasteiger partial charge in [0.25, 0.3) is 0 Å². The fourth-order valence-corrected chi connectivity index (χ4v) is 3.03. The summed E-state index contributed by atoms with van der Waals surface area (Å²) in [4.78, 5) is 2.73. The molecule has 14 heavy (non-hydrogen) atoms. The van der Waals surface area contributed by atoms with Crippen LogP contribution in [0.15, 0.2) is 0 Å². The molecule has 2 heteroatoms. The van der Waals surface area contributed by atoms with Gasteiger partial charge in [0.2, 0.25) is 0 Å². The molecule has 1 heterocycles. The number of hydrogen-bond donors (Lipinski definition) is 1. The van der Waals surface area contributed by atoms with E-state index in [9.17, 15) is 0 Å². The highest BCUT2D eigenvalue weighted by Gasteiger charge is 2.28. The fourth-order valence-electron chi connectivity index (χ4n) is 3.03. The second-order valence-corrected chi connectivity index (χ2v) is 5.18. The van der Waals surface area contributed by atoms with Crippen molar-refractivity contribution in [2.24, 2.45) is 5.92 Å². The second-order valence-electron chi connectivity index (χ2n) is 5.18. The van der Waals surface area contributed by atoms with Crippen LogP contribution in [0.3, 0.4) is 0 Å². The number of nitrogens with one attached hydrogen (secondary N) is 1. The first kappa shape index (κ1) is 10.4. The van der Waals surface area contributed by atoms with E-state index < -0.39 is 0 Å². The van der Waals surface area contributed by atoms with E-state index in [0.717, 1.165) is 18.0 Å². The normalized spacial score (nSPS) is 40.3. The van der Waals surface area contributed by atoms with E-state index in [1.165, 1.54) is 45.2 Å². The summed E-state index contributed by atoms with van der Waals surface area (Å²) in [5.41, 5.74) is 0.